The molecule has 1 aromatic rings. The van der Waals surface area contributed by atoms with Gasteiger partial charge in [0.2, 0.25) is 0 Å². The van der Waals surface area contributed by atoms with Gasteiger partial charge in [-0.3, -0.25) is 10.1 Å². The van der Waals surface area contributed by atoms with Crippen LogP contribution in [0.2, 0.25) is 0 Å². The first-order valence-electron chi connectivity index (χ1n) is 8.33. The Bertz CT molecular complexity index is 784. The van der Waals surface area contributed by atoms with E-state index in [1.165, 1.54) is 6.07 Å². The van der Waals surface area contributed by atoms with Crippen LogP contribution < -0.4 is 5.32 Å². The maximum absolute atomic E-state index is 13.4. The highest BCUT2D eigenvalue weighted by Crippen LogP contribution is 2.70. The fourth-order valence-corrected chi connectivity index (χ4v) is 6.06. The molecule has 0 spiro atoms. The number of amides is 1. The van der Waals surface area contributed by atoms with Crippen molar-refractivity contribution in [3.05, 3.63) is 39.9 Å². The van der Waals surface area contributed by atoms with Gasteiger partial charge in [-0.25, -0.2) is 18.7 Å². The van der Waals surface area contributed by atoms with E-state index >= 15 is 0 Å². The Kier molecular flexibility index (Phi) is 4.37. The lowest BCUT2D eigenvalue weighted by atomic mass is 10.2. The van der Waals surface area contributed by atoms with Crippen LogP contribution in [-0.2, 0) is 15.6 Å². The number of nitrogens with zero attached hydrogens (tertiary/aromatic N) is 3. The minimum atomic E-state index is -3.47. The second kappa shape index (κ2) is 6.04. The Morgan fingerprint density at radius 2 is 1.73 bits per heavy atom. The van der Waals surface area contributed by atoms with Crippen LogP contribution >= 0.6 is 7.67 Å². The van der Waals surface area contributed by atoms with Crippen LogP contribution in [0.1, 0.15) is 33.3 Å². The van der Waals surface area contributed by atoms with E-state index in [0.29, 0.717) is 18.7 Å². The van der Waals surface area contributed by atoms with Gasteiger partial charge in [-0.2, -0.15) is 0 Å². The summed E-state index contributed by atoms with van der Waals surface area (Å²) in [7, 11) is -3.47. The third kappa shape index (κ3) is 3.47. The van der Waals surface area contributed by atoms with Crippen molar-refractivity contribution >= 4 is 19.5 Å². The number of carbonyl (C=O) groups is 1. The molecule has 2 heterocycles. The average Bonchev–Trinajstić information content (AvgIpc) is 3.40. The Morgan fingerprint density at radius 1 is 1.23 bits per heavy atom. The number of nitro groups is 1. The van der Waals surface area contributed by atoms with Gasteiger partial charge < -0.3 is 9.84 Å². The molecule has 9 nitrogen and oxygen atoms in total. The molecule has 0 radical (unpaired) electrons. The fourth-order valence-electron chi connectivity index (χ4n) is 2.90. The van der Waals surface area contributed by atoms with Crippen molar-refractivity contribution in [2.24, 2.45) is 0 Å². The zero-order valence-electron chi connectivity index (χ0n) is 15.3. The van der Waals surface area contributed by atoms with E-state index in [2.05, 4.69) is 5.32 Å². The molecule has 2 aliphatic heterocycles. The van der Waals surface area contributed by atoms with Gasteiger partial charge in [0.1, 0.15) is 0 Å². The van der Waals surface area contributed by atoms with Gasteiger partial charge in [-0.15, -0.1) is 0 Å². The van der Waals surface area contributed by atoms with E-state index in [1.54, 1.807) is 27.5 Å². The molecule has 1 aromatic carbocycles. The van der Waals surface area contributed by atoms with E-state index < -0.39 is 18.7 Å². The third-order valence-corrected chi connectivity index (χ3v) is 7.68. The monoisotopic (exact) mass is 382 g/mol. The van der Waals surface area contributed by atoms with E-state index in [9.17, 15) is 19.5 Å². The molecule has 0 aromatic heterocycles. The molecule has 2 unspecified atom stereocenters. The van der Waals surface area contributed by atoms with Crippen LogP contribution in [0, 0.1) is 10.1 Å². The maximum atomic E-state index is 13.4. The second-order valence-corrected chi connectivity index (χ2v) is 9.98. The largest absolute Gasteiger partial charge is 0.414 e. The van der Waals surface area contributed by atoms with Crippen molar-refractivity contribution in [3.8, 4) is 0 Å². The first kappa shape index (κ1) is 18.8. The Morgan fingerprint density at radius 3 is 2.19 bits per heavy atom. The van der Waals surface area contributed by atoms with E-state index in [1.807, 2.05) is 27.7 Å². The highest BCUT2D eigenvalue weighted by molar-refractivity contribution is 7.55. The second-order valence-electron chi connectivity index (χ2n) is 7.85. The van der Waals surface area contributed by atoms with Gasteiger partial charge in [0, 0.05) is 35.8 Å². The molecule has 3 rings (SSSR count). The summed E-state index contributed by atoms with van der Waals surface area (Å²) < 4.78 is 22.2. The third-order valence-electron chi connectivity index (χ3n) is 4.69. The highest BCUT2D eigenvalue weighted by atomic mass is 31.2. The zero-order valence-corrected chi connectivity index (χ0v) is 16.2. The summed E-state index contributed by atoms with van der Waals surface area (Å²) in [6, 6.07) is 6.12. The molecule has 142 valence electrons. The van der Waals surface area contributed by atoms with Crippen molar-refractivity contribution in [2.45, 2.75) is 45.3 Å². The zero-order chi connectivity index (χ0) is 19.3. The summed E-state index contributed by atoms with van der Waals surface area (Å²) in [5, 5.41) is 13.5. The molecular weight excluding hydrogens is 359 g/mol. The average molecular weight is 382 g/mol. The lowest BCUT2D eigenvalue weighted by molar-refractivity contribution is -0.385. The summed E-state index contributed by atoms with van der Waals surface area (Å²) >= 11 is 0. The van der Waals surface area contributed by atoms with Gasteiger partial charge in [0.15, 0.2) is 0 Å². The summed E-state index contributed by atoms with van der Waals surface area (Å²) in [4.78, 5) is 22.8. The summed E-state index contributed by atoms with van der Waals surface area (Å²) in [5.74, 6) is 0. The SMILES string of the molecule is CC1(C)CN1P(=O)(OC(=O)NCc1ccccc1[N+](=O)[O-])N1CC1(C)C. The molecule has 1 amide bonds. The molecule has 26 heavy (non-hydrogen) atoms. The van der Waals surface area contributed by atoms with Crippen LogP contribution in [0.3, 0.4) is 0 Å². The van der Waals surface area contributed by atoms with E-state index in [-0.39, 0.29) is 23.3 Å². The summed E-state index contributed by atoms with van der Waals surface area (Å²) in [5.41, 5.74) is -0.308. The summed E-state index contributed by atoms with van der Waals surface area (Å²) in [6.45, 7) is 8.82. The number of hydrogen-bond acceptors (Lipinski definition) is 5. The Hall–Kier alpha value is -1.96. The quantitative estimate of drug-likeness (QED) is 0.349. The lowest BCUT2D eigenvalue weighted by Gasteiger charge is -2.24. The molecule has 2 atom stereocenters. The van der Waals surface area contributed by atoms with Crippen LogP contribution in [0.5, 0.6) is 0 Å². The lowest BCUT2D eigenvalue weighted by Crippen LogP contribution is -2.27. The topological polar surface area (TPSA) is 105 Å². The van der Waals surface area contributed by atoms with Crippen molar-refractivity contribution in [1.29, 1.82) is 0 Å². The molecule has 0 saturated carbocycles. The van der Waals surface area contributed by atoms with Crippen molar-refractivity contribution in [2.75, 3.05) is 13.1 Å². The maximum Gasteiger partial charge on any atom is 0.414 e. The molecule has 2 fully saturated rings. The number of nitro benzene ring substituents is 1. The molecular formula is C16H23N4O5P. The van der Waals surface area contributed by atoms with Crippen molar-refractivity contribution < 1.29 is 18.8 Å². The minimum Gasteiger partial charge on any atom is -0.372 e. The van der Waals surface area contributed by atoms with Crippen LogP contribution in [-0.4, -0.2) is 44.5 Å². The number of benzene rings is 1. The van der Waals surface area contributed by atoms with E-state index in [0.717, 1.165) is 0 Å². The van der Waals surface area contributed by atoms with Gasteiger partial charge in [0.25, 0.3) is 5.69 Å². The Balaban J connectivity index is 1.68. The molecule has 0 bridgehead atoms. The molecule has 2 aliphatic rings. The predicted molar refractivity (Wildman–Crippen MR) is 95.6 cm³/mol. The number of carbonyl (C=O) groups excluding carboxylic acids is 1. The first-order chi connectivity index (χ1) is 12.0. The predicted octanol–water partition coefficient (Wildman–Crippen LogP) is 3.12. The number of hydrogen-bond donors (Lipinski definition) is 1. The fraction of sp³-hybridized carbons (Fsp3) is 0.562. The van der Waals surface area contributed by atoms with Gasteiger partial charge in [0.05, 0.1) is 11.5 Å². The van der Waals surface area contributed by atoms with Gasteiger partial charge in [-0.1, -0.05) is 18.2 Å². The number of nitrogens with one attached hydrogen (secondary N) is 1. The molecule has 2 saturated heterocycles. The normalized spacial score (nSPS) is 27.1. The summed E-state index contributed by atoms with van der Waals surface area (Å²) in [6.07, 6.45) is -0.850. The van der Waals surface area contributed by atoms with E-state index in [4.69, 9.17) is 4.52 Å². The van der Waals surface area contributed by atoms with Gasteiger partial charge in [-0.05, 0) is 27.7 Å². The molecule has 10 heteroatoms. The van der Waals surface area contributed by atoms with Crippen LogP contribution in [0.4, 0.5) is 10.5 Å². The molecule has 0 aliphatic carbocycles. The minimum absolute atomic E-state index is 0.0806. The van der Waals surface area contributed by atoms with Crippen molar-refractivity contribution in [3.63, 3.8) is 0 Å². The highest BCUT2D eigenvalue weighted by Gasteiger charge is 2.66. The number of rotatable bonds is 6. The first-order valence-corrected chi connectivity index (χ1v) is 9.86. The van der Waals surface area contributed by atoms with Crippen molar-refractivity contribution in [1.82, 2.24) is 14.7 Å². The van der Waals surface area contributed by atoms with Crippen LogP contribution in [0.15, 0.2) is 24.3 Å². The van der Waals surface area contributed by atoms with Gasteiger partial charge >= 0.3 is 13.8 Å². The standard InChI is InChI=1S/C16H23N4O5P/c1-15(2)10-18(15)26(24,19-11-16(19,3)4)25-14(21)17-9-12-7-5-6-8-13(12)20(22)23/h5-8H,9-11H2,1-4H3,(H,17,21). The Labute approximate surface area is 152 Å². The smallest absolute Gasteiger partial charge is 0.372 e. The molecule has 1 N–H and O–H groups in total. The number of para-hydroxylation sites is 1. The van der Waals surface area contributed by atoms with Crippen LogP contribution in [0.25, 0.3) is 0 Å².